The number of hydrogen-bond acceptors (Lipinski definition) is 1. The zero-order valence-electron chi connectivity index (χ0n) is 12.9. The van der Waals surface area contributed by atoms with Crippen LogP contribution < -0.4 is 5.32 Å². The number of rotatable bonds is 6. The summed E-state index contributed by atoms with van der Waals surface area (Å²) in [6.07, 6.45) is 8.21. The van der Waals surface area contributed by atoms with E-state index in [1.807, 2.05) is 0 Å². The Morgan fingerprint density at radius 1 is 1.15 bits per heavy atom. The van der Waals surface area contributed by atoms with Gasteiger partial charge in [0, 0.05) is 9.61 Å². The van der Waals surface area contributed by atoms with E-state index in [0.29, 0.717) is 6.04 Å². The predicted octanol–water partition coefficient (Wildman–Crippen LogP) is 5.55. The number of nitrogens with one attached hydrogen (secondary N) is 1. The zero-order chi connectivity index (χ0) is 14.4. The fraction of sp³-hybridized carbons (Fsp3) is 0.667. The molecule has 1 nitrogen and oxygen atoms in total. The average molecular weight is 385 g/mol. The third-order valence-electron chi connectivity index (χ3n) is 4.79. The first-order valence-electron chi connectivity index (χ1n) is 8.24. The Morgan fingerprint density at radius 2 is 1.85 bits per heavy atom. The molecule has 20 heavy (non-hydrogen) atoms. The summed E-state index contributed by atoms with van der Waals surface area (Å²) in [5.41, 5.74) is 1.52. The highest BCUT2D eigenvalue weighted by Crippen LogP contribution is 2.39. The second-order valence-corrected chi connectivity index (χ2v) is 7.30. The summed E-state index contributed by atoms with van der Waals surface area (Å²) in [5, 5.41) is 3.82. The van der Waals surface area contributed by atoms with Gasteiger partial charge in [-0.15, -0.1) is 0 Å². The van der Waals surface area contributed by atoms with E-state index in [9.17, 15) is 0 Å². The molecule has 1 aliphatic rings. The average Bonchev–Trinajstić information content (AvgIpc) is 2.50. The van der Waals surface area contributed by atoms with Gasteiger partial charge < -0.3 is 5.32 Å². The number of halogens is 1. The van der Waals surface area contributed by atoms with Gasteiger partial charge in [-0.05, 0) is 71.9 Å². The molecule has 2 rings (SSSR count). The normalized spacial score (nSPS) is 24.6. The Balaban J connectivity index is 2.10. The molecule has 0 amide bonds. The summed E-state index contributed by atoms with van der Waals surface area (Å²) in [5.74, 6) is 1.80. The molecule has 0 saturated heterocycles. The van der Waals surface area contributed by atoms with E-state index in [0.717, 1.165) is 18.4 Å². The third-order valence-corrected chi connectivity index (χ3v) is 5.78. The van der Waals surface area contributed by atoms with Crippen LogP contribution >= 0.6 is 22.6 Å². The molecule has 0 bridgehead atoms. The van der Waals surface area contributed by atoms with Gasteiger partial charge in [-0.2, -0.15) is 0 Å². The monoisotopic (exact) mass is 385 g/mol. The first kappa shape index (κ1) is 16.3. The van der Waals surface area contributed by atoms with Gasteiger partial charge in [-0.1, -0.05) is 51.3 Å². The van der Waals surface area contributed by atoms with Gasteiger partial charge in [-0.3, -0.25) is 0 Å². The minimum Gasteiger partial charge on any atom is -0.310 e. The summed E-state index contributed by atoms with van der Waals surface area (Å²) < 4.78 is 1.41. The van der Waals surface area contributed by atoms with Crippen LogP contribution in [-0.2, 0) is 0 Å². The van der Waals surface area contributed by atoms with Gasteiger partial charge in [-0.25, -0.2) is 0 Å². The van der Waals surface area contributed by atoms with Crippen molar-refractivity contribution in [3.8, 4) is 0 Å². The molecule has 0 aromatic heterocycles. The van der Waals surface area contributed by atoms with Gasteiger partial charge in [0.25, 0.3) is 0 Å². The molecule has 1 aromatic carbocycles. The van der Waals surface area contributed by atoms with E-state index < -0.39 is 0 Å². The maximum atomic E-state index is 3.82. The van der Waals surface area contributed by atoms with Crippen LogP contribution in [-0.4, -0.2) is 6.54 Å². The minimum absolute atomic E-state index is 0.556. The topological polar surface area (TPSA) is 12.0 Å². The Kier molecular flexibility index (Phi) is 6.82. The molecule has 1 N–H and O–H groups in total. The molecular formula is C18H28IN. The molecule has 112 valence electrons. The van der Waals surface area contributed by atoms with Crippen molar-refractivity contribution in [2.45, 2.75) is 58.4 Å². The largest absolute Gasteiger partial charge is 0.310 e. The van der Waals surface area contributed by atoms with Crippen LogP contribution in [0.25, 0.3) is 0 Å². The molecular weight excluding hydrogens is 357 g/mol. The van der Waals surface area contributed by atoms with Crippen LogP contribution in [0.4, 0.5) is 0 Å². The van der Waals surface area contributed by atoms with Crippen molar-refractivity contribution in [3.05, 3.63) is 33.4 Å². The lowest BCUT2D eigenvalue weighted by Crippen LogP contribution is -2.32. The Hall–Kier alpha value is -0.0900. The lowest BCUT2D eigenvalue weighted by molar-refractivity contribution is 0.218. The maximum Gasteiger partial charge on any atom is 0.0359 e. The molecule has 2 heteroatoms. The number of hydrogen-bond donors (Lipinski definition) is 1. The minimum atomic E-state index is 0.556. The Morgan fingerprint density at radius 3 is 2.45 bits per heavy atom. The van der Waals surface area contributed by atoms with E-state index in [1.165, 1.54) is 47.7 Å². The zero-order valence-corrected chi connectivity index (χ0v) is 15.0. The fourth-order valence-electron chi connectivity index (χ4n) is 3.49. The van der Waals surface area contributed by atoms with Crippen LogP contribution in [0.3, 0.4) is 0 Å². The van der Waals surface area contributed by atoms with Crippen molar-refractivity contribution in [3.63, 3.8) is 0 Å². The van der Waals surface area contributed by atoms with Crippen molar-refractivity contribution in [2.24, 2.45) is 11.8 Å². The Bertz CT molecular complexity index is 396. The predicted molar refractivity (Wildman–Crippen MR) is 95.9 cm³/mol. The van der Waals surface area contributed by atoms with Crippen LogP contribution in [0, 0.1) is 15.4 Å². The molecule has 1 saturated carbocycles. The Labute approximate surface area is 138 Å². The molecule has 1 unspecified atom stereocenters. The third kappa shape index (κ3) is 4.20. The molecule has 1 atom stereocenters. The second-order valence-electron chi connectivity index (χ2n) is 6.14. The van der Waals surface area contributed by atoms with Gasteiger partial charge >= 0.3 is 0 Å². The van der Waals surface area contributed by atoms with E-state index in [4.69, 9.17) is 0 Å². The second kappa shape index (κ2) is 8.38. The lowest BCUT2D eigenvalue weighted by atomic mass is 9.76. The molecule has 0 aliphatic heterocycles. The number of benzene rings is 1. The highest BCUT2D eigenvalue weighted by atomic mass is 127. The van der Waals surface area contributed by atoms with Gasteiger partial charge in [0.1, 0.15) is 0 Å². The van der Waals surface area contributed by atoms with Crippen molar-refractivity contribution in [1.82, 2.24) is 5.32 Å². The molecule has 1 aromatic rings. The standard InChI is InChI=1S/C18H28IN/c1-3-13-20-18(16-7-5-6-8-17(16)19)15-11-9-14(4-2)10-12-15/h5-8,14-15,18,20H,3-4,9-13H2,1-2H3. The summed E-state index contributed by atoms with van der Waals surface area (Å²) >= 11 is 2.49. The fourth-order valence-corrected chi connectivity index (χ4v) is 4.21. The van der Waals surface area contributed by atoms with Crippen LogP contribution in [0.1, 0.15) is 64.0 Å². The first-order chi connectivity index (χ1) is 9.76. The molecule has 0 radical (unpaired) electrons. The van der Waals surface area contributed by atoms with E-state index in [1.54, 1.807) is 0 Å². The van der Waals surface area contributed by atoms with Crippen molar-refractivity contribution >= 4 is 22.6 Å². The van der Waals surface area contributed by atoms with Crippen LogP contribution in [0.2, 0.25) is 0 Å². The summed E-state index contributed by atoms with van der Waals surface area (Å²) in [6.45, 7) is 5.73. The summed E-state index contributed by atoms with van der Waals surface area (Å²) in [6, 6.07) is 9.46. The lowest BCUT2D eigenvalue weighted by Gasteiger charge is -2.35. The van der Waals surface area contributed by atoms with Crippen LogP contribution in [0.5, 0.6) is 0 Å². The van der Waals surface area contributed by atoms with Crippen molar-refractivity contribution < 1.29 is 0 Å². The van der Waals surface area contributed by atoms with E-state index in [-0.39, 0.29) is 0 Å². The molecule has 1 fully saturated rings. The summed E-state index contributed by atoms with van der Waals surface area (Å²) in [4.78, 5) is 0. The highest BCUT2D eigenvalue weighted by Gasteiger charge is 2.28. The summed E-state index contributed by atoms with van der Waals surface area (Å²) in [7, 11) is 0. The maximum absolute atomic E-state index is 3.82. The van der Waals surface area contributed by atoms with Gasteiger partial charge in [0.2, 0.25) is 0 Å². The van der Waals surface area contributed by atoms with Crippen molar-refractivity contribution in [1.29, 1.82) is 0 Å². The van der Waals surface area contributed by atoms with E-state index >= 15 is 0 Å². The van der Waals surface area contributed by atoms with Crippen molar-refractivity contribution in [2.75, 3.05) is 6.54 Å². The molecule has 0 spiro atoms. The molecule has 1 aliphatic carbocycles. The smallest absolute Gasteiger partial charge is 0.0359 e. The van der Waals surface area contributed by atoms with E-state index in [2.05, 4.69) is 66.0 Å². The SMILES string of the molecule is CCCNC(c1ccccc1I)C1CCC(CC)CC1. The highest BCUT2D eigenvalue weighted by molar-refractivity contribution is 14.1. The first-order valence-corrected chi connectivity index (χ1v) is 9.31. The molecule has 0 heterocycles. The quantitative estimate of drug-likeness (QED) is 0.634. The van der Waals surface area contributed by atoms with Crippen LogP contribution in [0.15, 0.2) is 24.3 Å². The van der Waals surface area contributed by atoms with Gasteiger partial charge in [0.15, 0.2) is 0 Å². The van der Waals surface area contributed by atoms with Gasteiger partial charge in [0.05, 0.1) is 0 Å².